The van der Waals surface area contributed by atoms with Crippen LogP contribution in [0.25, 0.3) is 0 Å². The second kappa shape index (κ2) is 5.29. The van der Waals surface area contributed by atoms with Gasteiger partial charge in [-0.2, -0.15) is 0 Å². The maximum absolute atomic E-state index is 11.4. The van der Waals surface area contributed by atoms with Gasteiger partial charge in [0, 0.05) is 18.4 Å². The van der Waals surface area contributed by atoms with E-state index in [1.54, 1.807) is 13.8 Å². The highest BCUT2D eigenvalue weighted by Crippen LogP contribution is 2.17. The lowest BCUT2D eigenvalue weighted by Gasteiger charge is -2.00. The van der Waals surface area contributed by atoms with Gasteiger partial charge in [0.05, 0.1) is 5.69 Å². The minimum absolute atomic E-state index is 0.0121. The third-order valence-electron chi connectivity index (χ3n) is 2.20. The van der Waals surface area contributed by atoms with Gasteiger partial charge in [-0.1, -0.05) is 5.16 Å². The third-order valence-corrected chi connectivity index (χ3v) is 2.20. The molecule has 6 nitrogen and oxygen atoms in total. The molecule has 0 saturated carbocycles. The van der Waals surface area contributed by atoms with Crippen molar-refractivity contribution < 1.29 is 19.2 Å². The molecule has 16 heavy (non-hydrogen) atoms. The summed E-state index contributed by atoms with van der Waals surface area (Å²) >= 11 is 0. The minimum Gasteiger partial charge on any atom is -0.481 e. The first-order valence-corrected chi connectivity index (χ1v) is 4.95. The second-order valence-electron chi connectivity index (χ2n) is 3.52. The summed E-state index contributed by atoms with van der Waals surface area (Å²) in [6.45, 7) is 3.57. The number of aliphatic carboxylic acids is 1. The Morgan fingerprint density at radius 1 is 1.38 bits per heavy atom. The molecule has 6 heteroatoms. The van der Waals surface area contributed by atoms with Crippen LogP contribution in [-0.4, -0.2) is 22.1 Å². The van der Waals surface area contributed by atoms with Gasteiger partial charge >= 0.3 is 5.97 Å². The van der Waals surface area contributed by atoms with Crippen molar-refractivity contribution >= 4 is 17.8 Å². The number of carbonyl (C=O) groups is 2. The number of anilines is 1. The Labute approximate surface area is 92.6 Å². The molecule has 0 aliphatic carbocycles. The van der Waals surface area contributed by atoms with E-state index in [1.807, 2.05) is 0 Å². The predicted molar refractivity (Wildman–Crippen MR) is 56.1 cm³/mol. The van der Waals surface area contributed by atoms with Crippen molar-refractivity contribution in [1.29, 1.82) is 0 Å². The molecule has 0 saturated heterocycles. The van der Waals surface area contributed by atoms with Crippen LogP contribution in [0.4, 0.5) is 5.88 Å². The molecule has 0 aliphatic heterocycles. The number of carbonyl (C=O) groups excluding carboxylic acids is 1. The molecule has 0 atom stereocenters. The predicted octanol–water partition coefficient (Wildman–Crippen LogP) is 1.48. The largest absolute Gasteiger partial charge is 0.481 e. The first-order valence-electron chi connectivity index (χ1n) is 4.95. The standard InChI is InChI=1S/C10H14N2O4/c1-6-7(2)12-16-10(6)11-8(13)4-3-5-9(14)15/h3-5H2,1-2H3,(H,11,13)(H,14,15). The minimum atomic E-state index is -0.903. The lowest BCUT2D eigenvalue weighted by Crippen LogP contribution is -2.12. The summed E-state index contributed by atoms with van der Waals surface area (Å²) in [7, 11) is 0. The zero-order valence-electron chi connectivity index (χ0n) is 9.24. The highest BCUT2D eigenvalue weighted by atomic mass is 16.5. The van der Waals surface area contributed by atoms with E-state index >= 15 is 0 Å². The molecule has 1 heterocycles. The summed E-state index contributed by atoms with van der Waals surface area (Å²) in [6, 6.07) is 0. The van der Waals surface area contributed by atoms with E-state index in [9.17, 15) is 9.59 Å². The number of aromatic nitrogens is 1. The highest BCUT2D eigenvalue weighted by Gasteiger charge is 2.11. The Bertz CT molecular complexity index is 398. The molecule has 0 spiro atoms. The fraction of sp³-hybridized carbons (Fsp3) is 0.500. The molecule has 1 aromatic rings. The quantitative estimate of drug-likeness (QED) is 0.793. The molecule has 1 aromatic heterocycles. The molecular formula is C10H14N2O4. The SMILES string of the molecule is Cc1noc(NC(=O)CCCC(=O)O)c1C. The van der Waals surface area contributed by atoms with Crippen LogP contribution in [-0.2, 0) is 9.59 Å². The van der Waals surface area contributed by atoms with Gasteiger partial charge in [-0.05, 0) is 20.3 Å². The van der Waals surface area contributed by atoms with E-state index in [0.29, 0.717) is 12.3 Å². The first kappa shape index (κ1) is 12.2. The normalized spacial score (nSPS) is 10.1. The third kappa shape index (κ3) is 3.38. The molecule has 0 radical (unpaired) electrons. The van der Waals surface area contributed by atoms with Crippen LogP contribution in [0, 0.1) is 13.8 Å². The Morgan fingerprint density at radius 2 is 2.06 bits per heavy atom. The lowest BCUT2D eigenvalue weighted by atomic mass is 10.2. The van der Waals surface area contributed by atoms with Gasteiger partial charge in [0.15, 0.2) is 0 Å². The van der Waals surface area contributed by atoms with E-state index in [-0.39, 0.29) is 18.7 Å². The summed E-state index contributed by atoms with van der Waals surface area (Å²) in [6.07, 6.45) is 0.459. The average Bonchev–Trinajstić information content (AvgIpc) is 2.49. The van der Waals surface area contributed by atoms with Crippen molar-refractivity contribution in [3.8, 4) is 0 Å². The van der Waals surface area contributed by atoms with Crippen molar-refractivity contribution in [3.63, 3.8) is 0 Å². The van der Waals surface area contributed by atoms with Crippen molar-refractivity contribution in [2.45, 2.75) is 33.1 Å². The van der Waals surface area contributed by atoms with Gasteiger partial charge in [-0.3, -0.25) is 14.9 Å². The van der Waals surface area contributed by atoms with Crippen LogP contribution in [0.3, 0.4) is 0 Å². The van der Waals surface area contributed by atoms with E-state index < -0.39 is 5.97 Å². The first-order chi connectivity index (χ1) is 7.50. The molecule has 2 N–H and O–H groups in total. The van der Waals surface area contributed by atoms with Gasteiger partial charge in [0.1, 0.15) is 0 Å². The average molecular weight is 226 g/mol. The lowest BCUT2D eigenvalue weighted by molar-refractivity contribution is -0.137. The number of amides is 1. The maximum atomic E-state index is 11.4. The Morgan fingerprint density at radius 3 is 2.56 bits per heavy atom. The molecular weight excluding hydrogens is 212 g/mol. The van der Waals surface area contributed by atoms with Crippen LogP contribution < -0.4 is 5.32 Å². The van der Waals surface area contributed by atoms with Gasteiger partial charge in [-0.25, -0.2) is 0 Å². The maximum Gasteiger partial charge on any atom is 0.303 e. The molecule has 1 rings (SSSR count). The Kier molecular flexibility index (Phi) is 4.04. The fourth-order valence-electron chi connectivity index (χ4n) is 1.12. The van der Waals surface area contributed by atoms with Gasteiger partial charge in [0.25, 0.3) is 0 Å². The fourth-order valence-corrected chi connectivity index (χ4v) is 1.12. The van der Waals surface area contributed by atoms with Crippen LogP contribution in [0.5, 0.6) is 0 Å². The number of nitrogens with one attached hydrogen (secondary N) is 1. The monoisotopic (exact) mass is 226 g/mol. The number of carboxylic acid groups (broad SMARTS) is 1. The number of nitrogens with zero attached hydrogens (tertiary/aromatic N) is 1. The van der Waals surface area contributed by atoms with E-state index in [1.165, 1.54) is 0 Å². The van der Waals surface area contributed by atoms with Crippen molar-refractivity contribution in [1.82, 2.24) is 5.16 Å². The summed E-state index contributed by atoms with van der Waals surface area (Å²) in [5.74, 6) is -0.835. The van der Waals surface area contributed by atoms with Crippen LogP contribution >= 0.6 is 0 Å². The summed E-state index contributed by atoms with van der Waals surface area (Å²) in [4.78, 5) is 21.6. The molecule has 0 fully saturated rings. The van der Waals surface area contributed by atoms with Gasteiger partial charge < -0.3 is 9.63 Å². The van der Waals surface area contributed by atoms with E-state index in [2.05, 4.69) is 10.5 Å². The molecule has 88 valence electrons. The summed E-state index contributed by atoms with van der Waals surface area (Å²) in [5.41, 5.74) is 1.51. The zero-order valence-corrected chi connectivity index (χ0v) is 9.24. The topological polar surface area (TPSA) is 92.4 Å². The molecule has 1 amide bonds. The number of hydrogen-bond acceptors (Lipinski definition) is 4. The van der Waals surface area contributed by atoms with Crippen LogP contribution in [0.15, 0.2) is 4.52 Å². The highest BCUT2D eigenvalue weighted by molar-refractivity contribution is 5.90. The number of rotatable bonds is 5. The van der Waals surface area contributed by atoms with E-state index in [4.69, 9.17) is 9.63 Å². The molecule has 0 unspecified atom stereocenters. The van der Waals surface area contributed by atoms with Crippen molar-refractivity contribution in [3.05, 3.63) is 11.3 Å². The number of aryl methyl sites for hydroxylation is 1. The van der Waals surface area contributed by atoms with Crippen molar-refractivity contribution in [2.75, 3.05) is 5.32 Å². The second-order valence-corrected chi connectivity index (χ2v) is 3.52. The molecule has 0 aliphatic rings. The molecule has 0 bridgehead atoms. The smallest absolute Gasteiger partial charge is 0.303 e. The summed E-state index contributed by atoms with van der Waals surface area (Å²) in [5, 5.41) is 14.6. The van der Waals surface area contributed by atoms with Crippen LogP contribution in [0.1, 0.15) is 30.5 Å². The Balaban J connectivity index is 2.40. The molecule has 0 aromatic carbocycles. The van der Waals surface area contributed by atoms with Crippen LogP contribution in [0.2, 0.25) is 0 Å². The number of carboxylic acids is 1. The Hall–Kier alpha value is -1.85. The number of hydrogen-bond donors (Lipinski definition) is 2. The zero-order chi connectivity index (χ0) is 12.1. The van der Waals surface area contributed by atoms with Crippen molar-refractivity contribution in [2.24, 2.45) is 0 Å². The van der Waals surface area contributed by atoms with Gasteiger partial charge in [-0.15, -0.1) is 0 Å². The summed E-state index contributed by atoms with van der Waals surface area (Å²) < 4.78 is 4.89. The van der Waals surface area contributed by atoms with Gasteiger partial charge in [0.2, 0.25) is 11.8 Å². The van der Waals surface area contributed by atoms with E-state index in [0.717, 1.165) is 11.3 Å².